The number of aryl methyl sites for hydroxylation is 1. The minimum atomic E-state index is -0.273. The Kier molecular flexibility index (Phi) is 7.26. The number of rotatable bonds is 9. The molecule has 0 atom stereocenters. The van der Waals surface area contributed by atoms with Gasteiger partial charge in [-0.15, -0.1) is 0 Å². The van der Waals surface area contributed by atoms with Gasteiger partial charge in [0.1, 0.15) is 5.82 Å². The van der Waals surface area contributed by atoms with Crippen molar-refractivity contribution in [2.45, 2.75) is 26.6 Å². The molecule has 0 bridgehead atoms. The van der Waals surface area contributed by atoms with E-state index in [-0.39, 0.29) is 5.82 Å². The van der Waals surface area contributed by atoms with Crippen LogP contribution in [0.25, 0.3) is 0 Å². The molecule has 0 spiro atoms. The van der Waals surface area contributed by atoms with E-state index in [1.54, 1.807) is 19.2 Å². The second kappa shape index (κ2) is 9.87. The van der Waals surface area contributed by atoms with Crippen molar-refractivity contribution in [1.82, 2.24) is 9.47 Å². The summed E-state index contributed by atoms with van der Waals surface area (Å²) in [5, 5.41) is 0.456. The van der Waals surface area contributed by atoms with Gasteiger partial charge >= 0.3 is 0 Å². The van der Waals surface area contributed by atoms with E-state index in [0.29, 0.717) is 36.8 Å². The third kappa shape index (κ3) is 5.44. The van der Waals surface area contributed by atoms with Crippen LogP contribution >= 0.6 is 11.6 Å². The molecule has 1 aromatic heterocycles. The molecule has 1 heterocycles. The minimum absolute atomic E-state index is 0.273. The molecule has 3 aromatic rings. The summed E-state index contributed by atoms with van der Waals surface area (Å²) < 4.78 is 21.8. The summed E-state index contributed by atoms with van der Waals surface area (Å²) in [6.45, 7) is 5.30. The number of ether oxygens (including phenoxy) is 1. The van der Waals surface area contributed by atoms with Gasteiger partial charge in [-0.05, 0) is 36.8 Å². The van der Waals surface area contributed by atoms with Crippen molar-refractivity contribution in [2.24, 2.45) is 0 Å². The van der Waals surface area contributed by atoms with Gasteiger partial charge in [0.2, 0.25) is 0 Å². The number of benzene rings is 2. The van der Waals surface area contributed by atoms with Gasteiger partial charge in [-0.3, -0.25) is 4.90 Å². The lowest BCUT2D eigenvalue weighted by Gasteiger charge is -2.24. The lowest BCUT2D eigenvalue weighted by Crippen LogP contribution is -2.28. The van der Waals surface area contributed by atoms with E-state index in [1.807, 2.05) is 0 Å². The first kappa shape index (κ1) is 20.6. The molecule has 0 fully saturated rings. The maximum absolute atomic E-state index is 14.3. The normalized spacial score (nSPS) is 11.3. The number of halogens is 2. The Morgan fingerprint density at radius 3 is 2.64 bits per heavy atom. The number of aromatic nitrogens is 1. The van der Waals surface area contributed by atoms with Crippen LogP contribution in [-0.2, 0) is 24.4 Å². The average molecular weight is 401 g/mol. The molecular weight excluding hydrogens is 375 g/mol. The minimum Gasteiger partial charge on any atom is -0.383 e. The van der Waals surface area contributed by atoms with Gasteiger partial charge in [-0.25, -0.2) is 4.39 Å². The van der Waals surface area contributed by atoms with Gasteiger partial charge in [-0.2, -0.15) is 0 Å². The predicted octanol–water partition coefficient (Wildman–Crippen LogP) is 5.29. The Morgan fingerprint density at radius 1 is 1.07 bits per heavy atom. The van der Waals surface area contributed by atoms with Crippen LogP contribution in [0.15, 0.2) is 60.8 Å². The maximum atomic E-state index is 14.3. The molecule has 0 amide bonds. The lowest BCUT2D eigenvalue weighted by molar-refractivity contribution is 0.138. The van der Waals surface area contributed by atoms with Crippen molar-refractivity contribution < 1.29 is 9.13 Å². The molecule has 148 valence electrons. The number of nitrogens with zero attached hydrogens (tertiary/aromatic N) is 2. The Hall–Kier alpha value is -2.14. The fourth-order valence-electron chi connectivity index (χ4n) is 3.32. The summed E-state index contributed by atoms with van der Waals surface area (Å²) in [4.78, 5) is 2.16. The average Bonchev–Trinajstić information content (AvgIpc) is 3.09. The molecule has 0 aliphatic carbocycles. The van der Waals surface area contributed by atoms with Crippen molar-refractivity contribution >= 4 is 11.6 Å². The Bertz CT molecular complexity index is 889. The zero-order valence-corrected chi connectivity index (χ0v) is 17.1. The fraction of sp³-hybridized carbons (Fsp3) is 0.304. The van der Waals surface area contributed by atoms with Crippen LogP contribution in [0.3, 0.4) is 0 Å². The summed E-state index contributed by atoms with van der Waals surface area (Å²) in [6.07, 6.45) is 2.09. The van der Waals surface area contributed by atoms with E-state index < -0.39 is 0 Å². The molecular formula is C23H26ClFN2O. The molecule has 3 nitrogen and oxygen atoms in total. The van der Waals surface area contributed by atoms with E-state index in [4.69, 9.17) is 16.3 Å². The summed E-state index contributed by atoms with van der Waals surface area (Å²) in [7, 11) is 1.68. The smallest absolute Gasteiger partial charge is 0.129 e. The van der Waals surface area contributed by atoms with E-state index in [0.717, 1.165) is 6.54 Å². The zero-order valence-electron chi connectivity index (χ0n) is 16.4. The fourth-order valence-corrected chi connectivity index (χ4v) is 3.55. The molecule has 0 radical (unpaired) electrons. The number of hydrogen-bond donors (Lipinski definition) is 0. The highest BCUT2D eigenvalue weighted by Gasteiger charge is 2.15. The highest BCUT2D eigenvalue weighted by atomic mass is 35.5. The van der Waals surface area contributed by atoms with E-state index in [9.17, 15) is 4.39 Å². The van der Waals surface area contributed by atoms with Gasteiger partial charge in [-0.1, -0.05) is 47.5 Å². The largest absolute Gasteiger partial charge is 0.383 e. The van der Waals surface area contributed by atoms with Crippen LogP contribution < -0.4 is 0 Å². The molecule has 0 saturated carbocycles. The third-order valence-electron chi connectivity index (χ3n) is 4.80. The summed E-state index contributed by atoms with van der Waals surface area (Å²) in [6, 6.07) is 17.5. The van der Waals surface area contributed by atoms with Crippen molar-refractivity contribution in [3.63, 3.8) is 0 Å². The second-order valence-corrected chi connectivity index (χ2v) is 7.43. The molecule has 0 aliphatic heterocycles. The predicted molar refractivity (Wildman–Crippen MR) is 112 cm³/mol. The van der Waals surface area contributed by atoms with Crippen molar-refractivity contribution in [1.29, 1.82) is 0 Å². The van der Waals surface area contributed by atoms with E-state index in [2.05, 4.69) is 59.0 Å². The standard InChI is InChI=1S/C23H26ClFN2O/c1-18-6-3-7-19(14-18)15-27-11-5-8-20(27)16-26(12-13-28-2)17-21-22(24)9-4-10-23(21)25/h3-11,14H,12-13,15-17H2,1-2H3. The molecule has 0 aliphatic rings. The molecule has 2 aromatic carbocycles. The van der Waals surface area contributed by atoms with Gasteiger partial charge in [0.05, 0.1) is 6.61 Å². The first-order valence-corrected chi connectivity index (χ1v) is 9.78. The quantitative estimate of drug-likeness (QED) is 0.485. The molecule has 0 unspecified atom stereocenters. The molecule has 0 saturated heterocycles. The van der Waals surface area contributed by atoms with E-state index >= 15 is 0 Å². The molecule has 3 rings (SSSR count). The van der Waals surface area contributed by atoms with Crippen LogP contribution in [-0.4, -0.2) is 29.7 Å². The molecule has 28 heavy (non-hydrogen) atoms. The highest BCUT2D eigenvalue weighted by Crippen LogP contribution is 2.22. The zero-order chi connectivity index (χ0) is 19.9. The van der Waals surface area contributed by atoms with Crippen molar-refractivity contribution in [3.8, 4) is 0 Å². The topological polar surface area (TPSA) is 17.4 Å². The van der Waals surface area contributed by atoms with Gasteiger partial charge in [0, 0.05) is 55.8 Å². The Labute approximate surface area is 171 Å². The van der Waals surface area contributed by atoms with Crippen LogP contribution in [0, 0.1) is 12.7 Å². The third-order valence-corrected chi connectivity index (χ3v) is 5.15. The monoisotopic (exact) mass is 400 g/mol. The summed E-state index contributed by atoms with van der Waals surface area (Å²) in [5.74, 6) is -0.273. The van der Waals surface area contributed by atoms with E-state index in [1.165, 1.54) is 22.9 Å². The van der Waals surface area contributed by atoms with Crippen LogP contribution in [0.1, 0.15) is 22.4 Å². The van der Waals surface area contributed by atoms with Crippen LogP contribution in [0.4, 0.5) is 4.39 Å². The van der Waals surface area contributed by atoms with Crippen LogP contribution in [0.2, 0.25) is 5.02 Å². The SMILES string of the molecule is COCCN(Cc1c(F)cccc1Cl)Cc1cccn1Cc1cccc(C)c1. The summed E-state index contributed by atoms with van der Waals surface area (Å²) >= 11 is 6.24. The Balaban J connectivity index is 1.77. The van der Waals surface area contributed by atoms with Gasteiger partial charge < -0.3 is 9.30 Å². The lowest BCUT2D eigenvalue weighted by atomic mass is 10.1. The van der Waals surface area contributed by atoms with Gasteiger partial charge in [0.15, 0.2) is 0 Å². The second-order valence-electron chi connectivity index (χ2n) is 7.02. The number of hydrogen-bond acceptors (Lipinski definition) is 2. The molecule has 5 heteroatoms. The van der Waals surface area contributed by atoms with Crippen LogP contribution in [0.5, 0.6) is 0 Å². The summed E-state index contributed by atoms with van der Waals surface area (Å²) in [5.41, 5.74) is 4.21. The maximum Gasteiger partial charge on any atom is 0.129 e. The molecule has 0 N–H and O–H groups in total. The highest BCUT2D eigenvalue weighted by molar-refractivity contribution is 6.31. The first-order chi connectivity index (χ1) is 13.6. The van der Waals surface area contributed by atoms with Crippen molar-refractivity contribution in [2.75, 3.05) is 20.3 Å². The van der Waals surface area contributed by atoms with Crippen molar-refractivity contribution in [3.05, 3.63) is 94.0 Å². The first-order valence-electron chi connectivity index (χ1n) is 9.40. The van der Waals surface area contributed by atoms with Gasteiger partial charge in [0.25, 0.3) is 0 Å². The number of methoxy groups -OCH3 is 1. The Morgan fingerprint density at radius 2 is 1.89 bits per heavy atom.